The van der Waals surface area contributed by atoms with Gasteiger partial charge in [-0.25, -0.2) is 9.48 Å². The molecule has 0 radical (unpaired) electrons. The average Bonchev–Trinajstić information content (AvgIpc) is 3.22. The molecule has 0 aliphatic carbocycles. The van der Waals surface area contributed by atoms with Crippen molar-refractivity contribution in [2.24, 2.45) is 7.05 Å². The number of aliphatic carboxylic acids is 1. The van der Waals surface area contributed by atoms with Crippen LogP contribution in [-0.2, 0) is 18.4 Å². The van der Waals surface area contributed by atoms with Gasteiger partial charge in [0.05, 0.1) is 21.3 Å². The molecular formula is C18H17Cl2N3O6. The summed E-state index contributed by atoms with van der Waals surface area (Å²) in [6, 6.07) is 4.37. The fourth-order valence-corrected chi connectivity index (χ4v) is 3.04. The minimum Gasteiger partial charge on any atom is -0.479 e. The molecule has 1 atom stereocenters. The van der Waals surface area contributed by atoms with Crippen LogP contribution >= 0.6 is 23.2 Å². The van der Waals surface area contributed by atoms with Crippen LogP contribution in [0, 0.1) is 6.92 Å². The number of carboxylic acid groups (broad SMARTS) is 1. The first-order chi connectivity index (χ1) is 13.7. The molecule has 2 aromatic heterocycles. The lowest BCUT2D eigenvalue weighted by molar-refractivity contribution is -0.144. The third kappa shape index (κ3) is 4.31. The molecule has 0 bridgehead atoms. The van der Waals surface area contributed by atoms with Crippen molar-refractivity contribution in [2.45, 2.75) is 26.6 Å². The number of aryl methyl sites for hydroxylation is 2. The Morgan fingerprint density at radius 1 is 1.28 bits per heavy atom. The number of ether oxygens (including phenoxy) is 2. The summed E-state index contributed by atoms with van der Waals surface area (Å²) in [4.78, 5) is 11.1. The van der Waals surface area contributed by atoms with Crippen LogP contribution in [0.2, 0.25) is 10.0 Å². The Morgan fingerprint density at radius 3 is 2.59 bits per heavy atom. The Kier molecular flexibility index (Phi) is 6.02. The third-order valence-electron chi connectivity index (χ3n) is 3.99. The van der Waals surface area contributed by atoms with Crippen LogP contribution < -0.4 is 9.47 Å². The highest BCUT2D eigenvalue weighted by atomic mass is 35.5. The van der Waals surface area contributed by atoms with Crippen molar-refractivity contribution in [2.75, 3.05) is 0 Å². The highest BCUT2D eigenvalue weighted by Crippen LogP contribution is 2.41. The molecule has 0 fully saturated rings. The van der Waals surface area contributed by atoms with E-state index in [0.717, 1.165) is 0 Å². The van der Waals surface area contributed by atoms with Crippen molar-refractivity contribution < 1.29 is 29.0 Å². The second-order valence-corrected chi connectivity index (χ2v) is 6.95. The first-order valence-corrected chi connectivity index (χ1v) is 9.13. The third-order valence-corrected chi connectivity index (χ3v) is 4.58. The van der Waals surface area contributed by atoms with Crippen molar-refractivity contribution in [1.82, 2.24) is 14.9 Å². The Balaban J connectivity index is 2.01. The molecule has 0 aliphatic rings. The Hall–Kier alpha value is -2.75. The van der Waals surface area contributed by atoms with E-state index in [1.54, 1.807) is 20.0 Å². The molecule has 2 heterocycles. The lowest BCUT2D eigenvalue weighted by Gasteiger charge is -2.15. The van der Waals surface area contributed by atoms with Crippen LogP contribution in [0.3, 0.4) is 0 Å². The molecule has 0 unspecified atom stereocenters. The van der Waals surface area contributed by atoms with Crippen LogP contribution in [0.15, 0.2) is 22.7 Å². The SMILES string of the molecule is Cc1nn(C)c(Oc2cc(O[C@@H](C)C(=O)O)c(Cl)cc2Cl)c1-c1cc(CO)on1. The Bertz CT molecular complexity index is 1060. The molecule has 154 valence electrons. The number of benzene rings is 1. The van der Waals surface area contributed by atoms with Gasteiger partial charge in [-0.1, -0.05) is 28.4 Å². The molecule has 2 N–H and O–H groups in total. The molecule has 29 heavy (non-hydrogen) atoms. The van der Waals surface area contributed by atoms with Crippen LogP contribution in [0.4, 0.5) is 0 Å². The van der Waals surface area contributed by atoms with Crippen molar-refractivity contribution in [3.63, 3.8) is 0 Å². The maximum atomic E-state index is 11.1. The highest BCUT2D eigenvalue weighted by molar-refractivity contribution is 6.36. The molecule has 0 spiro atoms. The lowest BCUT2D eigenvalue weighted by Crippen LogP contribution is -2.23. The van der Waals surface area contributed by atoms with E-state index in [0.29, 0.717) is 22.8 Å². The summed E-state index contributed by atoms with van der Waals surface area (Å²) in [6.07, 6.45) is -1.12. The number of aliphatic hydroxyl groups is 1. The average molecular weight is 442 g/mol. The predicted octanol–water partition coefficient (Wildman–Crippen LogP) is 3.83. The van der Waals surface area contributed by atoms with Gasteiger partial charge in [-0.05, 0) is 19.9 Å². The minimum absolute atomic E-state index is 0.102. The van der Waals surface area contributed by atoms with Crippen LogP contribution in [-0.4, -0.2) is 37.2 Å². The maximum Gasteiger partial charge on any atom is 0.344 e. The Labute approximate surface area is 175 Å². The van der Waals surface area contributed by atoms with Gasteiger partial charge in [-0.2, -0.15) is 5.10 Å². The van der Waals surface area contributed by atoms with Crippen LogP contribution in [0.25, 0.3) is 11.3 Å². The largest absolute Gasteiger partial charge is 0.479 e. The number of carboxylic acids is 1. The van der Waals surface area contributed by atoms with Crippen molar-refractivity contribution in [3.05, 3.63) is 39.7 Å². The summed E-state index contributed by atoms with van der Waals surface area (Å²) in [5, 5.41) is 26.8. The number of aromatic nitrogens is 3. The summed E-state index contributed by atoms with van der Waals surface area (Å²) in [5.74, 6) is -0.267. The number of aliphatic hydroxyl groups excluding tert-OH is 1. The topological polar surface area (TPSA) is 120 Å². The maximum absolute atomic E-state index is 11.1. The molecule has 3 rings (SSSR count). The van der Waals surface area contributed by atoms with E-state index < -0.39 is 12.1 Å². The number of hydrogen-bond acceptors (Lipinski definition) is 7. The van der Waals surface area contributed by atoms with Gasteiger partial charge in [-0.3, -0.25) is 0 Å². The van der Waals surface area contributed by atoms with Crippen LogP contribution in [0.5, 0.6) is 17.4 Å². The summed E-state index contributed by atoms with van der Waals surface area (Å²) in [6.45, 7) is 2.84. The standard InChI is InChI=1S/C18H17Cl2N3O6/c1-8-16(13-4-10(7-24)29-22-13)17(23(3)21-8)28-15-6-14(11(19)5-12(15)20)27-9(2)18(25)26/h4-6,9,24H,7H2,1-3H3,(H,25,26)/t9-/m0/s1. The Morgan fingerprint density at radius 2 is 1.97 bits per heavy atom. The second-order valence-electron chi connectivity index (χ2n) is 6.14. The van der Waals surface area contributed by atoms with Crippen molar-refractivity contribution >= 4 is 29.2 Å². The lowest BCUT2D eigenvalue weighted by atomic mass is 10.2. The van der Waals surface area contributed by atoms with E-state index in [2.05, 4.69) is 10.3 Å². The van der Waals surface area contributed by atoms with Crippen LogP contribution in [0.1, 0.15) is 18.4 Å². The number of rotatable bonds is 7. The van der Waals surface area contributed by atoms with E-state index >= 15 is 0 Å². The van der Waals surface area contributed by atoms with Gasteiger partial charge < -0.3 is 24.2 Å². The second kappa shape index (κ2) is 8.32. The summed E-state index contributed by atoms with van der Waals surface area (Å²) in [5.41, 5.74) is 1.58. The van der Waals surface area contributed by atoms with Crippen molar-refractivity contribution in [1.29, 1.82) is 0 Å². The number of halogens is 2. The van der Waals surface area contributed by atoms with Gasteiger partial charge in [0.2, 0.25) is 5.88 Å². The van der Waals surface area contributed by atoms with Crippen molar-refractivity contribution in [3.8, 4) is 28.6 Å². The zero-order valence-corrected chi connectivity index (χ0v) is 17.2. The van der Waals surface area contributed by atoms with Gasteiger partial charge in [0.1, 0.15) is 18.1 Å². The number of hydrogen-bond donors (Lipinski definition) is 2. The molecule has 3 aromatic rings. The van der Waals surface area contributed by atoms with Gasteiger partial charge in [0.25, 0.3) is 0 Å². The van der Waals surface area contributed by atoms with Gasteiger partial charge in [0, 0.05) is 19.2 Å². The molecule has 11 heteroatoms. The molecule has 0 saturated heterocycles. The van der Waals surface area contributed by atoms with Gasteiger partial charge >= 0.3 is 5.97 Å². The summed E-state index contributed by atoms with van der Waals surface area (Å²) in [7, 11) is 1.67. The molecule has 0 amide bonds. The monoisotopic (exact) mass is 441 g/mol. The van der Waals surface area contributed by atoms with E-state index in [1.807, 2.05) is 0 Å². The van der Waals surface area contributed by atoms with E-state index in [4.69, 9.17) is 42.3 Å². The summed E-state index contributed by atoms with van der Waals surface area (Å²) < 4.78 is 17.9. The number of carbonyl (C=O) groups is 1. The predicted molar refractivity (Wildman–Crippen MR) is 104 cm³/mol. The molecule has 0 saturated carbocycles. The summed E-state index contributed by atoms with van der Waals surface area (Å²) >= 11 is 12.4. The fourth-order valence-electron chi connectivity index (χ4n) is 2.58. The normalized spacial score (nSPS) is 12.1. The van der Waals surface area contributed by atoms with Gasteiger partial charge in [0.15, 0.2) is 17.6 Å². The molecule has 0 aliphatic heterocycles. The molecule has 1 aromatic carbocycles. The smallest absolute Gasteiger partial charge is 0.344 e. The quantitative estimate of drug-likeness (QED) is 0.567. The molecular weight excluding hydrogens is 425 g/mol. The van der Waals surface area contributed by atoms with E-state index in [1.165, 1.54) is 23.7 Å². The van der Waals surface area contributed by atoms with E-state index in [-0.39, 0.29) is 33.9 Å². The molecule has 9 nitrogen and oxygen atoms in total. The minimum atomic E-state index is -1.14. The van der Waals surface area contributed by atoms with E-state index in [9.17, 15) is 9.90 Å². The first kappa shape index (κ1) is 21.0. The zero-order valence-electron chi connectivity index (χ0n) is 15.6. The first-order valence-electron chi connectivity index (χ1n) is 8.38. The number of nitrogens with zero attached hydrogens (tertiary/aromatic N) is 3. The fraction of sp³-hybridized carbons (Fsp3) is 0.278. The highest BCUT2D eigenvalue weighted by Gasteiger charge is 2.23. The van der Waals surface area contributed by atoms with Gasteiger partial charge in [-0.15, -0.1) is 0 Å². The zero-order chi connectivity index (χ0) is 21.3.